The molecule has 0 unspecified atom stereocenters. The third kappa shape index (κ3) is 5.47. The summed E-state index contributed by atoms with van der Waals surface area (Å²) >= 11 is 0. The Bertz CT molecular complexity index is 778. The monoisotopic (exact) mass is 360 g/mol. The number of hydrogen-bond acceptors (Lipinski definition) is 4. The molecule has 0 heterocycles. The number of benzene rings is 2. The summed E-state index contributed by atoms with van der Waals surface area (Å²) in [7, 11) is 3.03. The van der Waals surface area contributed by atoms with E-state index in [1.807, 2.05) is 13.0 Å². The smallest absolute Gasteiger partial charge is 0.260 e. The van der Waals surface area contributed by atoms with Gasteiger partial charge >= 0.3 is 0 Å². The maximum Gasteiger partial charge on any atom is 0.260 e. The molecule has 0 fully saturated rings. The van der Waals surface area contributed by atoms with Gasteiger partial charge in [0.15, 0.2) is 18.1 Å². The van der Waals surface area contributed by atoms with E-state index in [0.717, 1.165) is 5.56 Å². The number of anilines is 1. The van der Waals surface area contributed by atoms with Gasteiger partial charge in [0, 0.05) is 12.7 Å². The molecule has 0 saturated carbocycles. The van der Waals surface area contributed by atoms with Crippen molar-refractivity contribution in [2.45, 2.75) is 6.92 Å². The number of ether oxygens (including phenoxy) is 2. The standard InChI is InChI=1S/C19H21FN2O4/c1-13-4-9-16(17(10-13)25-3)26-12-19(24)22(2)11-18(23)21-15-7-5-14(20)6-8-15/h4-10H,11-12H2,1-3H3,(H,21,23). The van der Waals surface area contributed by atoms with Gasteiger partial charge in [-0.15, -0.1) is 0 Å². The Balaban J connectivity index is 1.85. The van der Waals surface area contributed by atoms with Crippen molar-refractivity contribution in [3.8, 4) is 11.5 Å². The molecule has 0 bridgehead atoms. The van der Waals surface area contributed by atoms with Crippen LogP contribution in [0.2, 0.25) is 0 Å². The van der Waals surface area contributed by atoms with Crippen LogP contribution in [0.3, 0.4) is 0 Å². The van der Waals surface area contributed by atoms with E-state index < -0.39 is 0 Å². The van der Waals surface area contributed by atoms with Crippen LogP contribution < -0.4 is 14.8 Å². The van der Waals surface area contributed by atoms with E-state index in [1.54, 1.807) is 12.1 Å². The molecule has 0 saturated heterocycles. The van der Waals surface area contributed by atoms with E-state index in [2.05, 4.69) is 5.32 Å². The maximum absolute atomic E-state index is 12.9. The van der Waals surface area contributed by atoms with E-state index in [1.165, 1.54) is 43.3 Å². The van der Waals surface area contributed by atoms with E-state index in [4.69, 9.17) is 9.47 Å². The number of nitrogens with one attached hydrogen (secondary N) is 1. The summed E-state index contributed by atoms with van der Waals surface area (Å²) in [6.07, 6.45) is 0. The highest BCUT2D eigenvalue weighted by Crippen LogP contribution is 2.27. The van der Waals surface area contributed by atoms with Crippen LogP contribution in [0.5, 0.6) is 11.5 Å². The molecule has 0 radical (unpaired) electrons. The van der Waals surface area contributed by atoms with Crippen molar-refractivity contribution >= 4 is 17.5 Å². The van der Waals surface area contributed by atoms with Crippen LogP contribution in [0.4, 0.5) is 10.1 Å². The van der Waals surface area contributed by atoms with Crippen molar-refractivity contribution in [2.24, 2.45) is 0 Å². The second-order valence-corrected chi connectivity index (χ2v) is 5.75. The quantitative estimate of drug-likeness (QED) is 0.824. The fraction of sp³-hybridized carbons (Fsp3) is 0.263. The predicted molar refractivity (Wildman–Crippen MR) is 95.9 cm³/mol. The second kappa shape index (κ2) is 8.84. The molecule has 2 aromatic carbocycles. The molecule has 2 rings (SSSR count). The molecular formula is C19H21FN2O4. The molecule has 0 aliphatic heterocycles. The van der Waals surface area contributed by atoms with Gasteiger partial charge in [0.05, 0.1) is 13.7 Å². The van der Waals surface area contributed by atoms with Gasteiger partial charge < -0.3 is 19.7 Å². The Morgan fingerprint density at radius 1 is 1.12 bits per heavy atom. The minimum atomic E-state index is -0.390. The molecule has 0 aliphatic rings. The molecule has 2 amide bonds. The van der Waals surface area contributed by atoms with Crippen LogP contribution in [0.15, 0.2) is 42.5 Å². The summed E-state index contributed by atoms with van der Waals surface area (Å²) in [5, 5.41) is 2.59. The maximum atomic E-state index is 12.9. The summed E-state index contributed by atoms with van der Waals surface area (Å²) in [5.41, 5.74) is 1.47. The molecule has 2 aromatic rings. The molecule has 0 aliphatic carbocycles. The number of carbonyl (C=O) groups is 2. The van der Waals surface area contributed by atoms with Crippen LogP contribution in [-0.4, -0.2) is 44.0 Å². The van der Waals surface area contributed by atoms with Crippen molar-refractivity contribution in [1.29, 1.82) is 0 Å². The lowest BCUT2D eigenvalue weighted by molar-refractivity contribution is -0.135. The molecular weight excluding hydrogens is 339 g/mol. The number of nitrogens with zero attached hydrogens (tertiary/aromatic N) is 1. The van der Waals surface area contributed by atoms with Crippen molar-refractivity contribution in [3.05, 3.63) is 53.8 Å². The summed E-state index contributed by atoms with van der Waals surface area (Å²) in [4.78, 5) is 25.4. The lowest BCUT2D eigenvalue weighted by atomic mass is 10.2. The Labute approximate surface area is 151 Å². The lowest BCUT2D eigenvalue weighted by Crippen LogP contribution is -2.37. The normalized spacial score (nSPS) is 10.2. The Morgan fingerprint density at radius 2 is 1.81 bits per heavy atom. The van der Waals surface area contributed by atoms with Crippen molar-refractivity contribution in [2.75, 3.05) is 32.6 Å². The van der Waals surface area contributed by atoms with Gasteiger partial charge in [0.25, 0.3) is 5.91 Å². The average Bonchev–Trinajstić information content (AvgIpc) is 2.62. The van der Waals surface area contributed by atoms with Gasteiger partial charge in [-0.25, -0.2) is 4.39 Å². The van der Waals surface area contributed by atoms with E-state index in [0.29, 0.717) is 17.2 Å². The highest BCUT2D eigenvalue weighted by atomic mass is 19.1. The molecule has 0 spiro atoms. The third-order valence-corrected chi connectivity index (χ3v) is 3.60. The molecule has 26 heavy (non-hydrogen) atoms. The van der Waals surface area contributed by atoms with Crippen molar-refractivity contribution in [3.63, 3.8) is 0 Å². The summed E-state index contributed by atoms with van der Waals surface area (Å²) in [6.45, 7) is 1.55. The van der Waals surface area contributed by atoms with Gasteiger partial charge in [-0.3, -0.25) is 9.59 Å². The Hall–Kier alpha value is -3.09. The van der Waals surface area contributed by atoms with Crippen LogP contribution in [0.25, 0.3) is 0 Å². The molecule has 138 valence electrons. The molecule has 0 atom stereocenters. The summed E-state index contributed by atoms with van der Waals surface area (Å²) < 4.78 is 23.6. The first kappa shape index (κ1) is 19.2. The minimum absolute atomic E-state index is 0.148. The number of amides is 2. The third-order valence-electron chi connectivity index (χ3n) is 3.60. The molecule has 0 aromatic heterocycles. The number of likely N-dealkylation sites (N-methyl/N-ethyl adjacent to an activating group) is 1. The van der Waals surface area contributed by atoms with Gasteiger partial charge in [0.1, 0.15) is 5.82 Å². The van der Waals surface area contributed by atoms with E-state index in [-0.39, 0.29) is 30.8 Å². The first-order chi connectivity index (χ1) is 12.4. The SMILES string of the molecule is COc1cc(C)ccc1OCC(=O)N(C)CC(=O)Nc1ccc(F)cc1. The zero-order chi connectivity index (χ0) is 19.1. The zero-order valence-corrected chi connectivity index (χ0v) is 14.9. The highest BCUT2D eigenvalue weighted by Gasteiger charge is 2.15. The molecule has 1 N–H and O–H groups in total. The summed E-state index contributed by atoms with van der Waals surface area (Å²) in [5.74, 6) is -0.147. The number of methoxy groups -OCH3 is 1. The van der Waals surface area contributed by atoms with Crippen LogP contribution in [0.1, 0.15) is 5.56 Å². The number of hydrogen-bond donors (Lipinski definition) is 1. The number of carbonyl (C=O) groups excluding carboxylic acids is 2. The molecule has 6 nitrogen and oxygen atoms in total. The summed E-state index contributed by atoms with van der Waals surface area (Å²) in [6, 6.07) is 10.8. The average molecular weight is 360 g/mol. The van der Waals surface area contributed by atoms with Crippen LogP contribution in [-0.2, 0) is 9.59 Å². The Kier molecular flexibility index (Phi) is 6.54. The van der Waals surface area contributed by atoms with Crippen molar-refractivity contribution in [1.82, 2.24) is 4.90 Å². The van der Waals surface area contributed by atoms with Gasteiger partial charge in [0.2, 0.25) is 5.91 Å². The van der Waals surface area contributed by atoms with Gasteiger partial charge in [-0.2, -0.15) is 0 Å². The fourth-order valence-corrected chi connectivity index (χ4v) is 2.18. The first-order valence-electron chi connectivity index (χ1n) is 7.96. The highest BCUT2D eigenvalue weighted by molar-refractivity contribution is 5.94. The first-order valence-corrected chi connectivity index (χ1v) is 7.96. The fourth-order valence-electron chi connectivity index (χ4n) is 2.18. The van der Waals surface area contributed by atoms with Crippen LogP contribution in [0, 0.1) is 12.7 Å². The van der Waals surface area contributed by atoms with Crippen molar-refractivity contribution < 1.29 is 23.5 Å². The largest absolute Gasteiger partial charge is 0.493 e. The van der Waals surface area contributed by atoms with Crippen LogP contribution >= 0.6 is 0 Å². The molecule has 7 heteroatoms. The lowest BCUT2D eigenvalue weighted by Gasteiger charge is -2.18. The van der Waals surface area contributed by atoms with Gasteiger partial charge in [-0.1, -0.05) is 6.07 Å². The van der Waals surface area contributed by atoms with Gasteiger partial charge in [-0.05, 0) is 48.9 Å². The van der Waals surface area contributed by atoms with E-state index in [9.17, 15) is 14.0 Å². The zero-order valence-electron chi connectivity index (χ0n) is 14.9. The second-order valence-electron chi connectivity index (χ2n) is 5.75. The number of aryl methyl sites for hydroxylation is 1. The predicted octanol–water partition coefficient (Wildman–Crippen LogP) is 2.62. The Morgan fingerprint density at radius 3 is 2.46 bits per heavy atom. The number of halogens is 1. The number of rotatable bonds is 7. The topological polar surface area (TPSA) is 67.9 Å². The minimum Gasteiger partial charge on any atom is -0.493 e. The van der Waals surface area contributed by atoms with E-state index >= 15 is 0 Å².